The molecule has 1 spiro atoms. The van der Waals surface area contributed by atoms with Crippen molar-refractivity contribution in [1.82, 2.24) is 14.2 Å². The monoisotopic (exact) mass is 675 g/mol. The number of nitrogens with one attached hydrogen (secondary N) is 1. The van der Waals surface area contributed by atoms with Gasteiger partial charge in [-0.3, -0.25) is 4.79 Å². The first kappa shape index (κ1) is 32.4. The van der Waals surface area contributed by atoms with Gasteiger partial charge in [0.2, 0.25) is 15.5 Å². The van der Waals surface area contributed by atoms with Gasteiger partial charge in [-0.15, -0.1) is 0 Å². The molecule has 0 radical (unpaired) electrons. The number of para-hydroxylation sites is 1. The fourth-order valence-electron chi connectivity index (χ4n) is 6.39. The summed E-state index contributed by atoms with van der Waals surface area (Å²) in [4.78, 5) is 29.2. The number of hydrogen-bond donors (Lipinski definition) is 3. The van der Waals surface area contributed by atoms with E-state index < -0.39 is 49.1 Å². The van der Waals surface area contributed by atoms with Crippen molar-refractivity contribution in [2.45, 2.75) is 71.8 Å². The van der Waals surface area contributed by atoms with Gasteiger partial charge in [-0.05, 0) is 68.9 Å². The first-order valence-electron chi connectivity index (χ1n) is 15.2. The van der Waals surface area contributed by atoms with Crippen molar-refractivity contribution < 1.29 is 41.3 Å². The number of piperidine rings is 1. The average Bonchev–Trinajstić information content (AvgIpc) is 3.82. The highest BCUT2D eigenvalue weighted by Gasteiger charge is 2.47. The van der Waals surface area contributed by atoms with Gasteiger partial charge in [0.1, 0.15) is 23.4 Å². The summed E-state index contributed by atoms with van der Waals surface area (Å²) in [7, 11) is -7.51. The normalized spacial score (nSPS) is 21.0. The van der Waals surface area contributed by atoms with Crippen LogP contribution in [0.1, 0.15) is 37.7 Å². The Bertz CT molecular complexity index is 1920. The van der Waals surface area contributed by atoms with E-state index in [2.05, 4.69) is 4.98 Å². The Kier molecular flexibility index (Phi) is 8.65. The smallest absolute Gasteiger partial charge is 0.407 e. The summed E-state index contributed by atoms with van der Waals surface area (Å²) < 4.78 is 65.1. The summed E-state index contributed by atoms with van der Waals surface area (Å²) in [5, 5.41) is 20.6. The maximum absolute atomic E-state index is 13.5. The minimum Gasteiger partial charge on any atom is -0.491 e. The zero-order valence-electron chi connectivity index (χ0n) is 25.3. The van der Waals surface area contributed by atoms with Crippen LogP contribution in [0.2, 0.25) is 0 Å². The Hall–Kier alpha value is -3.50. The zero-order valence-corrected chi connectivity index (χ0v) is 26.9. The molecular formula is C31H37N3O10S2. The Morgan fingerprint density at radius 1 is 1.15 bits per heavy atom. The van der Waals surface area contributed by atoms with E-state index >= 15 is 0 Å². The largest absolute Gasteiger partial charge is 0.491 e. The number of aliphatic hydroxyl groups excluding tert-OH is 1. The number of rotatable bonds is 10. The molecule has 15 heteroatoms. The molecule has 46 heavy (non-hydrogen) atoms. The molecule has 6 rings (SSSR count). The lowest BCUT2D eigenvalue weighted by atomic mass is 9.88. The summed E-state index contributed by atoms with van der Waals surface area (Å²) in [5.41, 5.74) is 0.105. The molecule has 1 saturated carbocycles. The number of sulfonamides is 1. The summed E-state index contributed by atoms with van der Waals surface area (Å²) in [6.07, 6.45) is 1.00. The highest BCUT2D eigenvalue weighted by molar-refractivity contribution is 7.92. The van der Waals surface area contributed by atoms with Crippen LogP contribution >= 0.6 is 0 Å². The minimum absolute atomic E-state index is 0.0807. The molecule has 248 valence electrons. The molecule has 3 fully saturated rings. The third-order valence-corrected chi connectivity index (χ3v) is 13.3. The van der Waals surface area contributed by atoms with E-state index in [9.17, 15) is 36.6 Å². The third-order valence-electron chi connectivity index (χ3n) is 9.16. The van der Waals surface area contributed by atoms with Crippen molar-refractivity contribution in [2.24, 2.45) is 0 Å². The number of hydrogen-bond acceptors (Lipinski definition) is 9. The fourth-order valence-corrected chi connectivity index (χ4v) is 9.57. The van der Waals surface area contributed by atoms with E-state index in [1.165, 1.54) is 22.6 Å². The standard InChI is InChI=1S/C31H37N3O10S2/c1-20-4-2-7-26-28(20)32-16-27(29(26)36)46(41,42)33-12-10-31(11-13-33)15-21(18-44-31)34(30(37)38)17-22(35)19-43-23-5-3-6-25(14-23)45(39,40)24-8-9-24/h2-7,14,16,21-22,24,35H,8-13,15,17-19H2,1H3,(H,32,36)(H,37,38)/t21-,22+/m1/s1. The Morgan fingerprint density at radius 3 is 2.57 bits per heavy atom. The molecule has 2 atom stereocenters. The number of carboxylic acid groups (broad SMARTS) is 1. The Morgan fingerprint density at radius 2 is 1.87 bits per heavy atom. The quantitative estimate of drug-likeness (QED) is 0.289. The molecule has 13 nitrogen and oxygen atoms in total. The van der Waals surface area contributed by atoms with Crippen LogP contribution in [-0.2, 0) is 24.6 Å². The predicted octanol–water partition coefficient (Wildman–Crippen LogP) is 2.50. The van der Waals surface area contributed by atoms with Crippen molar-refractivity contribution >= 4 is 36.9 Å². The fraction of sp³-hybridized carbons (Fsp3) is 0.484. The van der Waals surface area contributed by atoms with Gasteiger partial charge >= 0.3 is 6.09 Å². The number of H-pyrrole nitrogens is 1. The van der Waals surface area contributed by atoms with Crippen LogP contribution in [0, 0.1) is 6.92 Å². The lowest BCUT2D eigenvalue weighted by Crippen LogP contribution is -2.49. The summed E-state index contributed by atoms with van der Waals surface area (Å²) in [6.45, 7) is 1.59. The number of amides is 1. The van der Waals surface area contributed by atoms with Crippen molar-refractivity contribution in [2.75, 3.05) is 32.8 Å². The van der Waals surface area contributed by atoms with Gasteiger partial charge in [-0.1, -0.05) is 18.2 Å². The summed E-state index contributed by atoms with van der Waals surface area (Å²) >= 11 is 0. The number of ether oxygens (including phenoxy) is 2. The molecule has 0 bridgehead atoms. The molecule has 3 aliphatic rings. The first-order chi connectivity index (χ1) is 21.8. The van der Waals surface area contributed by atoms with E-state index in [-0.39, 0.29) is 53.6 Å². The number of pyridine rings is 1. The highest BCUT2D eigenvalue weighted by atomic mass is 32.2. The van der Waals surface area contributed by atoms with Gasteiger partial charge in [0.15, 0.2) is 9.84 Å². The molecule has 3 heterocycles. The molecule has 3 aromatic rings. The number of aromatic nitrogens is 1. The number of sulfone groups is 1. The molecule has 3 N–H and O–H groups in total. The average molecular weight is 676 g/mol. The molecule has 1 aromatic heterocycles. The molecule has 0 unspecified atom stereocenters. The number of fused-ring (bicyclic) bond motifs is 1. The lowest BCUT2D eigenvalue weighted by molar-refractivity contribution is -0.0319. The number of carbonyl (C=O) groups is 1. The number of nitrogens with zero attached hydrogens (tertiary/aromatic N) is 2. The minimum atomic E-state index is -4.09. The van der Waals surface area contributed by atoms with E-state index in [1.54, 1.807) is 24.3 Å². The lowest BCUT2D eigenvalue weighted by Gasteiger charge is -2.38. The number of aromatic amines is 1. The van der Waals surface area contributed by atoms with Crippen LogP contribution in [0.4, 0.5) is 4.79 Å². The van der Waals surface area contributed by atoms with Crippen LogP contribution in [-0.4, -0.2) is 103 Å². The Labute approximate surface area is 266 Å². The topological polar surface area (TPSA) is 184 Å². The van der Waals surface area contributed by atoms with Gasteiger partial charge in [0, 0.05) is 24.7 Å². The summed E-state index contributed by atoms with van der Waals surface area (Å²) in [6, 6.07) is 10.6. The molecular weight excluding hydrogens is 638 g/mol. The number of aliphatic hydroxyl groups is 1. The maximum atomic E-state index is 13.5. The van der Waals surface area contributed by atoms with Crippen molar-refractivity contribution in [1.29, 1.82) is 0 Å². The molecule has 2 saturated heterocycles. The second-order valence-electron chi connectivity index (χ2n) is 12.4. The highest BCUT2D eigenvalue weighted by Crippen LogP contribution is 2.39. The SMILES string of the molecule is Cc1cccc2c(=O)c(S(=O)(=O)N3CCC4(CC3)C[C@@H](N(C[C@H](O)COc3cccc(S(=O)(=O)C5CC5)c3)C(=O)O)CO4)c[nH]c12. The molecule has 1 amide bonds. The third kappa shape index (κ3) is 6.26. The van der Waals surface area contributed by atoms with Gasteiger partial charge in [-0.25, -0.2) is 21.6 Å². The maximum Gasteiger partial charge on any atom is 0.407 e. The van der Waals surface area contributed by atoms with Crippen LogP contribution in [0.15, 0.2) is 63.2 Å². The van der Waals surface area contributed by atoms with E-state index in [0.717, 1.165) is 10.5 Å². The zero-order chi connectivity index (χ0) is 32.9. The van der Waals surface area contributed by atoms with Crippen molar-refractivity contribution in [3.63, 3.8) is 0 Å². The second-order valence-corrected chi connectivity index (χ2v) is 16.5. The molecule has 2 aliphatic heterocycles. The molecule has 1 aliphatic carbocycles. The van der Waals surface area contributed by atoms with Crippen LogP contribution in [0.5, 0.6) is 5.75 Å². The van der Waals surface area contributed by atoms with Crippen molar-refractivity contribution in [3.8, 4) is 5.75 Å². The number of benzene rings is 2. The van der Waals surface area contributed by atoms with Crippen LogP contribution in [0.25, 0.3) is 10.9 Å². The van der Waals surface area contributed by atoms with Crippen molar-refractivity contribution in [3.05, 3.63) is 64.4 Å². The first-order valence-corrected chi connectivity index (χ1v) is 18.2. The van der Waals surface area contributed by atoms with Gasteiger partial charge in [0.25, 0.3) is 0 Å². The van der Waals surface area contributed by atoms with Gasteiger partial charge in [0.05, 0.1) is 40.5 Å². The number of aryl methyl sites for hydroxylation is 1. The predicted molar refractivity (Wildman–Crippen MR) is 167 cm³/mol. The Balaban J connectivity index is 1.06. The van der Waals surface area contributed by atoms with E-state index in [1.807, 2.05) is 13.0 Å². The van der Waals surface area contributed by atoms with Gasteiger partial charge < -0.3 is 29.6 Å². The summed E-state index contributed by atoms with van der Waals surface area (Å²) in [5.74, 6) is 0.258. The van der Waals surface area contributed by atoms with E-state index in [0.29, 0.717) is 43.0 Å². The van der Waals surface area contributed by atoms with Crippen LogP contribution in [0.3, 0.4) is 0 Å². The van der Waals surface area contributed by atoms with E-state index in [4.69, 9.17) is 9.47 Å². The molecule has 2 aromatic carbocycles. The van der Waals surface area contributed by atoms with Gasteiger partial charge in [-0.2, -0.15) is 4.31 Å². The second kappa shape index (κ2) is 12.3. The van der Waals surface area contributed by atoms with Crippen LogP contribution < -0.4 is 10.2 Å².